The van der Waals surface area contributed by atoms with Crippen molar-refractivity contribution in [2.24, 2.45) is 0 Å². The summed E-state index contributed by atoms with van der Waals surface area (Å²) in [5.41, 5.74) is -0.811. The molecule has 0 aliphatic rings. The quantitative estimate of drug-likeness (QED) is 0.623. The maximum absolute atomic E-state index is 12.6. The fourth-order valence-electron chi connectivity index (χ4n) is 2.55. The van der Waals surface area contributed by atoms with E-state index in [1.807, 2.05) is 0 Å². The summed E-state index contributed by atoms with van der Waals surface area (Å²) in [4.78, 5) is 48.7. The predicted octanol–water partition coefficient (Wildman–Crippen LogP) is 1.68. The number of nitrogens with zero attached hydrogens (tertiary/aromatic N) is 2. The molecule has 0 unspecified atom stereocenters. The Kier molecular flexibility index (Phi) is 5.13. The molecule has 0 saturated heterocycles. The van der Waals surface area contributed by atoms with Crippen LogP contribution in [0.3, 0.4) is 0 Å². The van der Waals surface area contributed by atoms with E-state index in [4.69, 9.17) is 0 Å². The van der Waals surface area contributed by atoms with Crippen molar-refractivity contribution in [3.8, 4) is 0 Å². The van der Waals surface area contributed by atoms with Gasteiger partial charge in [-0.1, -0.05) is 18.2 Å². The number of rotatable bonds is 6. The van der Waals surface area contributed by atoms with Gasteiger partial charge >= 0.3 is 5.97 Å². The Hall–Kier alpha value is -3.33. The molecule has 0 aliphatic carbocycles. The lowest BCUT2D eigenvalue weighted by Crippen LogP contribution is -2.29. The van der Waals surface area contributed by atoms with E-state index in [1.165, 1.54) is 30.4 Å². The number of nitrogens with one attached hydrogen (secondary N) is 1. The number of ketones is 1. The second-order valence-corrected chi connectivity index (χ2v) is 6.93. The number of fused-ring (bicyclic) bond motifs is 1. The summed E-state index contributed by atoms with van der Waals surface area (Å²) >= 11 is 1.20. The molecule has 0 spiro atoms. The molecule has 27 heavy (non-hydrogen) atoms. The fourth-order valence-corrected chi connectivity index (χ4v) is 3.43. The molecule has 0 fully saturated rings. The lowest BCUT2D eigenvalue weighted by molar-refractivity contribution is -0.119. The summed E-state index contributed by atoms with van der Waals surface area (Å²) in [5.74, 6) is -1.82. The van der Waals surface area contributed by atoms with Gasteiger partial charge in [-0.3, -0.25) is 14.4 Å². The van der Waals surface area contributed by atoms with E-state index in [1.54, 1.807) is 24.3 Å². The minimum Gasteiger partial charge on any atom is -0.476 e. The number of carboxylic acids is 1. The molecule has 2 heterocycles. The number of hydrogen-bond acceptors (Lipinski definition) is 6. The van der Waals surface area contributed by atoms with Gasteiger partial charge in [0, 0.05) is 17.2 Å². The molecule has 0 atom stereocenters. The summed E-state index contributed by atoms with van der Waals surface area (Å²) in [5, 5.41) is 16.3. The molecule has 3 aromatic rings. The zero-order valence-corrected chi connectivity index (χ0v) is 15.1. The van der Waals surface area contributed by atoms with Gasteiger partial charge in [-0.15, -0.1) is 11.3 Å². The molecule has 8 nitrogen and oxygen atoms in total. The normalized spacial score (nSPS) is 10.7. The van der Waals surface area contributed by atoms with Crippen LogP contribution in [0.1, 0.15) is 32.0 Å². The number of thiophene rings is 1. The van der Waals surface area contributed by atoms with E-state index in [9.17, 15) is 24.3 Å². The topological polar surface area (TPSA) is 118 Å². The van der Waals surface area contributed by atoms with E-state index in [-0.39, 0.29) is 34.7 Å². The minimum atomic E-state index is -1.28. The first-order valence-corrected chi connectivity index (χ1v) is 8.78. The predicted molar refractivity (Wildman–Crippen MR) is 99.1 cm³/mol. The van der Waals surface area contributed by atoms with Crippen LogP contribution < -0.4 is 10.9 Å². The molecule has 3 rings (SSSR count). The third-order valence-electron chi connectivity index (χ3n) is 3.81. The third-order valence-corrected chi connectivity index (χ3v) is 4.94. The Labute approximate surface area is 157 Å². The van der Waals surface area contributed by atoms with Crippen LogP contribution in [0.5, 0.6) is 0 Å². The van der Waals surface area contributed by atoms with Crippen LogP contribution in [-0.2, 0) is 17.9 Å². The zero-order chi connectivity index (χ0) is 19.6. The Bertz CT molecular complexity index is 1120. The number of benzene rings is 1. The number of carbonyl (C=O) groups excluding carboxylic acids is 2. The number of carbonyl (C=O) groups is 3. The molecule has 0 radical (unpaired) electrons. The van der Waals surface area contributed by atoms with Crippen LogP contribution in [0.15, 0.2) is 41.2 Å². The molecular weight excluding hydrogens is 370 g/mol. The molecule has 9 heteroatoms. The average Bonchev–Trinajstić information content (AvgIpc) is 3.11. The van der Waals surface area contributed by atoms with Crippen molar-refractivity contribution in [2.75, 3.05) is 0 Å². The monoisotopic (exact) mass is 385 g/mol. The number of aromatic nitrogens is 2. The van der Waals surface area contributed by atoms with Crippen molar-refractivity contribution in [2.45, 2.75) is 20.0 Å². The Balaban J connectivity index is 1.91. The molecule has 2 N–H and O–H groups in total. The van der Waals surface area contributed by atoms with Crippen LogP contribution in [0.25, 0.3) is 10.8 Å². The highest BCUT2D eigenvalue weighted by atomic mass is 32.1. The largest absolute Gasteiger partial charge is 0.476 e. The van der Waals surface area contributed by atoms with Gasteiger partial charge in [0.25, 0.3) is 5.56 Å². The summed E-state index contributed by atoms with van der Waals surface area (Å²) in [6, 6.07) is 9.57. The van der Waals surface area contributed by atoms with Crippen molar-refractivity contribution in [3.05, 3.63) is 62.2 Å². The van der Waals surface area contributed by atoms with Crippen molar-refractivity contribution in [1.29, 1.82) is 0 Å². The average molecular weight is 385 g/mol. The van der Waals surface area contributed by atoms with E-state index in [0.29, 0.717) is 11.4 Å². The molecule has 138 valence electrons. The first-order valence-electron chi connectivity index (χ1n) is 7.96. The highest BCUT2D eigenvalue weighted by Crippen LogP contribution is 2.18. The summed E-state index contributed by atoms with van der Waals surface area (Å²) < 4.78 is 0.876. The number of aromatic carboxylic acids is 1. The molecule has 0 saturated carbocycles. The van der Waals surface area contributed by atoms with Gasteiger partial charge in [0.05, 0.1) is 16.8 Å². The van der Waals surface area contributed by atoms with Crippen molar-refractivity contribution >= 4 is 39.8 Å². The van der Waals surface area contributed by atoms with E-state index in [2.05, 4.69) is 10.4 Å². The number of Topliss-reactive ketones (excluding diaryl/α,β-unsaturated/α-hetero) is 1. The van der Waals surface area contributed by atoms with Gasteiger partial charge in [0.1, 0.15) is 6.54 Å². The minimum absolute atomic E-state index is 0.176. The van der Waals surface area contributed by atoms with E-state index < -0.39 is 11.5 Å². The van der Waals surface area contributed by atoms with Gasteiger partial charge < -0.3 is 10.4 Å². The number of hydrogen-bond donors (Lipinski definition) is 2. The summed E-state index contributed by atoms with van der Waals surface area (Å²) in [6.07, 6.45) is 0. The second-order valence-electron chi connectivity index (χ2n) is 5.76. The molecule has 0 aliphatic heterocycles. The van der Waals surface area contributed by atoms with Gasteiger partial charge in [0.2, 0.25) is 5.91 Å². The smallest absolute Gasteiger partial charge is 0.357 e. The highest BCUT2D eigenvalue weighted by molar-refractivity contribution is 7.14. The molecule has 1 aromatic carbocycles. The van der Waals surface area contributed by atoms with Crippen LogP contribution >= 0.6 is 11.3 Å². The van der Waals surface area contributed by atoms with Gasteiger partial charge in [-0.05, 0) is 18.2 Å². The standard InChI is InChI=1S/C18H15N3O5S/c1-10(22)19-8-11-6-7-15(27-11)14(23)9-21-17(24)13-5-3-2-4-12(13)16(20-21)18(25)26/h2-7H,8-9H2,1H3,(H,19,22)(H,25,26). The van der Waals surface area contributed by atoms with E-state index in [0.717, 1.165) is 9.56 Å². The highest BCUT2D eigenvalue weighted by Gasteiger charge is 2.18. The van der Waals surface area contributed by atoms with E-state index >= 15 is 0 Å². The second kappa shape index (κ2) is 7.50. The van der Waals surface area contributed by atoms with Crippen LogP contribution in [0.4, 0.5) is 0 Å². The molecular formula is C18H15N3O5S. The number of carboxylic acid groups (broad SMARTS) is 1. The maximum Gasteiger partial charge on any atom is 0.357 e. The Morgan fingerprint density at radius 3 is 2.52 bits per heavy atom. The Morgan fingerprint density at radius 2 is 1.85 bits per heavy atom. The fraction of sp³-hybridized carbons (Fsp3) is 0.167. The first-order chi connectivity index (χ1) is 12.9. The van der Waals surface area contributed by atoms with Crippen LogP contribution in [-0.4, -0.2) is 32.5 Å². The molecule has 0 bridgehead atoms. The van der Waals surface area contributed by atoms with Gasteiger partial charge in [-0.2, -0.15) is 5.10 Å². The lowest BCUT2D eigenvalue weighted by Gasteiger charge is -2.07. The zero-order valence-electron chi connectivity index (χ0n) is 14.3. The van der Waals surface area contributed by atoms with Gasteiger partial charge in [-0.25, -0.2) is 9.48 Å². The summed E-state index contributed by atoms with van der Waals surface area (Å²) in [7, 11) is 0. The Morgan fingerprint density at radius 1 is 1.15 bits per heavy atom. The first kappa shape index (κ1) is 18.5. The number of amides is 1. The maximum atomic E-state index is 12.6. The molecule has 1 amide bonds. The molecule has 2 aromatic heterocycles. The lowest BCUT2D eigenvalue weighted by atomic mass is 10.1. The third kappa shape index (κ3) is 3.93. The summed E-state index contributed by atoms with van der Waals surface area (Å²) in [6.45, 7) is 1.34. The van der Waals surface area contributed by atoms with Crippen molar-refractivity contribution in [1.82, 2.24) is 15.1 Å². The van der Waals surface area contributed by atoms with Crippen molar-refractivity contribution < 1.29 is 19.5 Å². The van der Waals surface area contributed by atoms with Crippen LogP contribution in [0.2, 0.25) is 0 Å². The van der Waals surface area contributed by atoms with Gasteiger partial charge in [0.15, 0.2) is 11.5 Å². The van der Waals surface area contributed by atoms with Crippen LogP contribution in [0, 0.1) is 0 Å². The SMILES string of the molecule is CC(=O)NCc1ccc(C(=O)Cn2nc(C(=O)O)c3ccccc3c2=O)s1. The van der Waals surface area contributed by atoms with Crippen molar-refractivity contribution in [3.63, 3.8) is 0 Å².